The van der Waals surface area contributed by atoms with Crippen LogP contribution in [0.15, 0.2) is 18.6 Å². The van der Waals surface area contributed by atoms with E-state index in [0.29, 0.717) is 6.04 Å². The Morgan fingerprint density at radius 1 is 1.30 bits per heavy atom. The van der Waals surface area contributed by atoms with E-state index in [1.807, 2.05) is 24.9 Å². The van der Waals surface area contributed by atoms with Crippen LogP contribution in [0.4, 0.5) is 5.95 Å². The summed E-state index contributed by atoms with van der Waals surface area (Å²) in [7, 11) is 1.96. The van der Waals surface area contributed by atoms with Crippen molar-refractivity contribution < 1.29 is 0 Å². The molecule has 1 aliphatic carbocycles. The number of aromatic nitrogens is 4. The summed E-state index contributed by atoms with van der Waals surface area (Å²) in [6.45, 7) is 2.83. The highest BCUT2D eigenvalue weighted by Crippen LogP contribution is 2.30. The fourth-order valence-corrected chi connectivity index (χ4v) is 3.10. The van der Waals surface area contributed by atoms with Gasteiger partial charge in [-0.15, -0.1) is 0 Å². The van der Waals surface area contributed by atoms with Crippen molar-refractivity contribution in [1.29, 1.82) is 0 Å². The van der Waals surface area contributed by atoms with Crippen LogP contribution in [0, 0.1) is 6.92 Å². The lowest BCUT2D eigenvalue weighted by molar-refractivity contribution is 0.356. The zero-order chi connectivity index (χ0) is 13.9. The van der Waals surface area contributed by atoms with Crippen LogP contribution >= 0.6 is 0 Å². The Bertz CT molecular complexity index is 563. The number of imidazole rings is 1. The number of rotatable bonds is 4. The Morgan fingerprint density at radius 2 is 2.10 bits per heavy atom. The lowest BCUT2D eigenvalue weighted by Crippen LogP contribution is -2.15. The van der Waals surface area contributed by atoms with Crippen molar-refractivity contribution in [3.63, 3.8) is 0 Å². The smallest absolute Gasteiger partial charge is 0.203 e. The first-order chi connectivity index (χ1) is 9.74. The Balaban J connectivity index is 1.68. The van der Waals surface area contributed by atoms with Crippen molar-refractivity contribution in [2.24, 2.45) is 7.05 Å². The molecule has 0 aromatic carbocycles. The minimum atomic E-state index is 0.615. The second-order valence-corrected chi connectivity index (χ2v) is 5.72. The number of hydrogen-bond donors (Lipinski definition) is 1. The minimum absolute atomic E-state index is 0.615. The van der Waals surface area contributed by atoms with E-state index in [2.05, 4.69) is 32.4 Å². The van der Waals surface area contributed by atoms with E-state index >= 15 is 0 Å². The zero-order valence-electron chi connectivity index (χ0n) is 12.3. The van der Waals surface area contributed by atoms with Crippen LogP contribution in [0.3, 0.4) is 0 Å². The maximum absolute atomic E-state index is 4.47. The Labute approximate surface area is 120 Å². The molecule has 1 N–H and O–H groups in total. The minimum Gasteiger partial charge on any atom is -0.351 e. The molecule has 0 atom stereocenters. The molecule has 5 nitrogen and oxygen atoms in total. The molecule has 1 saturated carbocycles. The second kappa shape index (κ2) is 5.69. The summed E-state index contributed by atoms with van der Waals surface area (Å²) in [6.07, 6.45) is 12.7. The summed E-state index contributed by atoms with van der Waals surface area (Å²) in [5.74, 6) is 0.986. The van der Waals surface area contributed by atoms with E-state index in [1.54, 1.807) is 0 Å². The highest BCUT2D eigenvalue weighted by Gasteiger charge is 2.17. The molecule has 20 heavy (non-hydrogen) atoms. The molecular formula is C15H23N5. The number of nitrogens with zero attached hydrogens (tertiary/aromatic N) is 4. The normalized spacial score (nSPS) is 16.5. The van der Waals surface area contributed by atoms with E-state index in [-0.39, 0.29) is 0 Å². The van der Waals surface area contributed by atoms with Gasteiger partial charge in [0.1, 0.15) is 0 Å². The van der Waals surface area contributed by atoms with Crippen LogP contribution in [-0.2, 0) is 13.6 Å². The highest BCUT2D eigenvalue weighted by atomic mass is 15.3. The molecule has 3 rings (SSSR count). The summed E-state index contributed by atoms with van der Waals surface area (Å²) in [5.41, 5.74) is 2.31. The van der Waals surface area contributed by atoms with Crippen LogP contribution in [0.2, 0.25) is 0 Å². The molecule has 0 amide bonds. The largest absolute Gasteiger partial charge is 0.351 e. The summed E-state index contributed by atoms with van der Waals surface area (Å²) < 4.78 is 4.17. The van der Waals surface area contributed by atoms with Gasteiger partial charge in [-0.1, -0.05) is 19.3 Å². The molecule has 0 saturated heterocycles. The molecule has 108 valence electrons. The van der Waals surface area contributed by atoms with Gasteiger partial charge in [-0.3, -0.25) is 4.68 Å². The van der Waals surface area contributed by atoms with Gasteiger partial charge in [0, 0.05) is 43.8 Å². The number of anilines is 1. The molecule has 1 aliphatic rings. The maximum atomic E-state index is 4.47. The van der Waals surface area contributed by atoms with E-state index in [0.717, 1.165) is 18.2 Å². The van der Waals surface area contributed by atoms with Crippen molar-refractivity contribution in [2.45, 2.75) is 51.6 Å². The molecule has 2 heterocycles. The SMILES string of the molecule is Cc1nn(C)cc1CNc1nccn1C1CCCCC1. The van der Waals surface area contributed by atoms with Crippen molar-refractivity contribution in [3.8, 4) is 0 Å². The molecule has 0 aliphatic heterocycles. The van der Waals surface area contributed by atoms with E-state index < -0.39 is 0 Å². The fraction of sp³-hybridized carbons (Fsp3) is 0.600. The van der Waals surface area contributed by atoms with Crippen molar-refractivity contribution in [2.75, 3.05) is 5.32 Å². The molecule has 0 radical (unpaired) electrons. The highest BCUT2D eigenvalue weighted by molar-refractivity contribution is 5.30. The maximum Gasteiger partial charge on any atom is 0.203 e. The molecule has 1 fully saturated rings. The van der Waals surface area contributed by atoms with Crippen LogP contribution in [-0.4, -0.2) is 19.3 Å². The van der Waals surface area contributed by atoms with Gasteiger partial charge in [0.2, 0.25) is 5.95 Å². The summed E-state index contributed by atoms with van der Waals surface area (Å²) in [6, 6.07) is 0.615. The predicted molar refractivity (Wildman–Crippen MR) is 79.6 cm³/mol. The van der Waals surface area contributed by atoms with Gasteiger partial charge in [0.15, 0.2) is 0 Å². The van der Waals surface area contributed by atoms with Crippen LogP contribution in [0.5, 0.6) is 0 Å². The van der Waals surface area contributed by atoms with Crippen molar-refractivity contribution >= 4 is 5.95 Å². The van der Waals surface area contributed by atoms with Crippen LogP contribution in [0.25, 0.3) is 0 Å². The van der Waals surface area contributed by atoms with E-state index in [4.69, 9.17) is 0 Å². The Morgan fingerprint density at radius 3 is 2.80 bits per heavy atom. The second-order valence-electron chi connectivity index (χ2n) is 5.72. The van der Waals surface area contributed by atoms with Gasteiger partial charge >= 0.3 is 0 Å². The number of hydrogen-bond acceptors (Lipinski definition) is 3. The average Bonchev–Trinajstić information content (AvgIpc) is 3.04. The summed E-state index contributed by atoms with van der Waals surface area (Å²) in [5, 5.41) is 7.83. The monoisotopic (exact) mass is 273 g/mol. The van der Waals surface area contributed by atoms with E-state index in [9.17, 15) is 0 Å². The van der Waals surface area contributed by atoms with Gasteiger partial charge in [0.05, 0.1) is 5.69 Å². The molecule has 0 bridgehead atoms. The lowest BCUT2D eigenvalue weighted by Gasteiger charge is -2.24. The third kappa shape index (κ3) is 2.71. The number of nitrogens with one attached hydrogen (secondary N) is 1. The van der Waals surface area contributed by atoms with Gasteiger partial charge in [0.25, 0.3) is 0 Å². The van der Waals surface area contributed by atoms with Crippen molar-refractivity contribution in [3.05, 3.63) is 29.8 Å². The zero-order valence-corrected chi connectivity index (χ0v) is 12.3. The first-order valence-corrected chi connectivity index (χ1v) is 7.50. The van der Waals surface area contributed by atoms with Gasteiger partial charge in [-0.05, 0) is 19.8 Å². The standard InChI is InChI=1S/C15H23N5/c1-12-13(11-19(2)18-12)10-17-15-16-8-9-20(15)14-6-4-3-5-7-14/h8-9,11,14H,3-7,10H2,1-2H3,(H,16,17). The first-order valence-electron chi connectivity index (χ1n) is 7.50. The predicted octanol–water partition coefficient (Wildman–Crippen LogP) is 3.04. The average molecular weight is 273 g/mol. The molecule has 0 unspecified atom stereocenters. The summed E-state index contributed by atoms with van der Waals surface area (Å²) in [4.78, 5) is 4.47. The van der Waals surface area contributed by atoms with Crippen LogP contribution in [0.1, 0.15) is 49.4 Å². The summed E-state index contributed by atoms with van der Waals surface area (Å²) >= 11 is 0. The fourth-order valence-electron chi connectivity index (χ4n) is 3.10. The third-order valence-corrected chi connectivity index (χ3v) is 4.19. The molecule has 2 aromatic heterocycles. The van der Waals surface area contributed by atoms with Crippen LogP contribution < -0.4 is 5.32 Å². The Hall–Kier alpha value is -1.78. The molecule has 0 spiro atoms. The van der Waals surface area contributed by atoms with Gasteiger partial charge in [-0.2, -0.15) is 5.10 Å². The Kier molecular flexibility index (Phi) is 3.76. The number of aryl methyl sites for hydroxylation is 2. The third-order valence-electron chi connectivity index (χ3n) is 4.19. The molecule has 2 aromatic rings. The van der Waals surface area contributed by atoms with Crippen molar-refractivity contribution in [1.82, 2.24) is 19.3 Å². The molecular weight excluding hydrogens is 250 g/mol. The van der Waals surface area contributed by atoms with E-state index in [1.165, 1.54) is 37.7 Å². The van der Waals surface area contributed by atoms with Gasteiger partial charge in [-0.25, -0.2) is 4.98 Å². The lowest BCUT2D eigenvalue weighted by atomic mass is 9.95. The first kappa shape index (κ1) is 13.2. The van der Waals surface area contributed by atoms with Gasteiger partial charge < -0.3 is 9.88 Å². The topological polar surface area (TPSA) is 47.7 Å². The molecule has 5 heteroatoms. The quantitative estimate of drug-likeness (QED) is 0.931.